The van der Waals surface area contributed by atoms with Crippen molar-refractivity contribution < 1.29 is 4.74 Å². The van der Waals surface area contributed by atoms with Crippen molar-refractivity contribution in [2.45, 2.75) is 71.9 Å². The molecule has 1 unspecified atom stereocenters. The minimum atomic E-state index is -0.0276. The van der Waals surface area contributed by atoms with Crippen LogP contribution in [0.25, 0.3) is 0 Å². The van der Waals surface area contributed by atoms with Crippen LogP contribution in [0.4, 0.5) is 0 Å². The fourth-order valence-electron chi connectivity index (χ4n) is 2.47. The van der Waals surface area contributed by atoms with Crippen LogP contribution in [0.2, 0.25) is 0 Å². The number of nitrogens with one attached hydrogen (secondary N) is 1. The molecule has 0 heterocycles. The maximum Gasteiger partial charge on any atom is 0.0829 e. The van der Waals surface area contributed by atoms with Gasteiger partial charge in [-0.25, -0.2) is 0 Å². The average molecular weight is 239 g/mol. The molecule has 0 aliphatic heterocycles. The Hall–Kier alpha value is -0.520. The second kappa shape index (κ2) is 9.50. The van der Waals surface area contributed by atoms with Crippen LogP contribution >= 0.6 is 0 Å². The predicted molar refractivity (Wildman–Crippen MR) is 75.1 cm³/mol. The van der Waals surface area contributed by atoms with E-state index in [9.17, 15) is 0 Å². The van der Waals surface area contributed by atoms with E-state index in [2.05, 4.69) is 44.9 Å². The van der Waals surface area contributed by atoms with Gasteiger partial charge in [0.15, 0.2) is 0 Å². The summed E-state index contributed by atoms with van der Waals surface area (Å²) >= 11 is 0. The minimum Gasteiger partial charge on any atom is -0.374 e. The van der Waals surface area contributed by atoms with Crippen LogP contribution in [-0.4, -0.2) is 24.8 Å². The average Bonchev–Trinajstić information content (AvgIpc) is 2.35. The van der Waals surface area contributed by atoms with E-state index in [0.717, 1.165) is 38.8 Å². The second-order valence-corrected chi connectivity index (χ2v) is 4.28. The number of likely N-dealkylation sites (N-methyl/N-ethyl adjacent to an activating group) is 1. The zero-order valence-corrected chi connectivity index (χ0v) is 12.2. The van der Waals surface area contributed by atoms with E-state index in [1.165, 1.54) is 0 Å². The quantitative estimate of drug-likeness (QED) is 0.623. The van der Waals surface area contributed by atoms with Crippen molar-refractivity contribution in [3.63, 3.8) is 0 Å². The minimum absolute atomic E-state index is 0.0276. The Balaban J connectivity index is 4.71. The van der Waals surface area contributed by atoms with Gasteiger partial charge >= 0.3 is 0 Å². The molecule has 0 rings (SSSR count). The highest BCUT2D eigenvalue weighted by molar-refractivity contribution is 4.99. The van der Waals surface area contributed by atoms with Crippen molar-refractivity contribution >= 4 is 0 Å². The van der Waals surface area contributed by atoms with Crippen LogP contribution in [0.15, 0.2) is 0 Å². The SMILES string of the molecule is CC#CCCC(NCC)C(CC)(CC)OCC. The Labute approximate surface area is 108 Å². The summed E-state index contributed by atoms with van der Waals surface area (Å²) in [7, 11) is 0. The summed E-state index contributed by atoms with van der Waals surface area (Å²) < 4.78 is 6.06. The lowest BCUT2D eigenvalue weighted by atomic mass is 9.85. The molecule has 2 heteroatoms. The highest BCUT2D eigenvalue weighted by atomic mass is 16.5. The Bertz CT molecular complexity index is 235. The van der Waals surface area contributed by atoms with Crippen molar-refractivity contribution in [2.75, 3.05) is 13.2 Å². The summed E-state index contributed by atoms with van der Waals surface area (Å²) in [4.78, 5) is 0. The van der Waals surface area contributed by atoms with Gasteiger partial charge < -0.3 is 10.1 Å². The van der Waals surface area contributed by atoms with Gasteiger partial charge in [-0.3, -0.25) is 0 Å². The third-order valence-electron chi connectivity index (χ3n) is 3.45. The van der Waals surface area contributed by atoms with Crippen molar-refractivity contribution in [3.8, 4) is 11.8 Å². The maximum atomic E-state index is 6.06. The van der Waals surface area contributed by atoms with Crippen LogP contribution in [-0.2, 0) is 4.74 Å². The first-order chi connectivity index (χ1) is 8.20. The van der Waals surface area contributed by atoms with Gasteiger partial charge in [0.05, 0.1) is 5.60 Å². The van der Waals surface area contributed by atoms with Gasteiger partial charge in [-0.1, -0.05) is 20.8 Å². The zero-order chi connectivity index (χ0) is 13.1. The van der Waals surface area contributed by atoms with Crippen LogP contribution in [0.3, 0.4) is 0 Å². The van der Waals surface area contributed by atoms with E-state index in [1.54, 1.807) is 0 Å². The number of hydrogen-bond donors (Lipinski definition) is 1. The number of hydrogen-bond acceptors (Lipinski definition) is 2. The summed E-state index contributed by atoms with van der Waals surface area (Å²) in [6.07, 6.45) is 4.11. The molecule has 0 amide bonds. The summed E-state index contributed by atoms with van der Waals surface area (Å²) in [5.41, 5.74) is -0.0276. The van der Waals surface area contributed by atoms with Gasteiger partial charge in [0, 0.05) is 19.1 Å². The lowest BCUT2D eigenvalue weighted by Gasteiger charge is -2.39. The van der Waals surface area contributed by atoms with Crippen molar-refractivity contribution in [2.24, 2.45) is 0 Å². The van der Waals surface area contributed by atoms with Gasteiger partial charge in [0.25, 0.3) is 0 Å². The predicted octanol–water partition coefficient (Wildman–Crippen LogP) is 3.36. The molecule has 100 valence electrons. The molecule has 0 saturated carbocycles. The maximum absolute atomic E-state index is 6.06. The van der Waals surface area contributed by atoms with Crippen LogP contribution < -0.4 is 5.32 Å². The van der Waals surface area contributed by atoms with Crippen molar-refractivity contribution in [1.82, 2.24) is 5.32 Å². The monoisotopic (exact) mass is 239 g/mol. The molecule has 0 aromatic heterocycles. The fraction of sp³-hybridized carbons (Fsp3) is 0.867. The summed E-state index contributed by atoms with van der Waals surface area (Å²) in [6, 6.07) is 0.406. The molecule has 1 N–H and O–H groups in total. The highest BCUT2D eigenvalue weighted by Gasteiger charge is 2.35. The summed E-state index contributed by atoms with van der Waals surface area (Å²) in [5.74, 6) is 6.12. The molecular formula is C15H29NO. The van der Waals surface area contributed by atoms with Gasteiger partial charge in [0.2, 0.25) is 0 Å². The van der Waals surface area contributed by atoms with E-state index >= 15 is 0 Å². The number of rotatable bonds is 9. The van der Waals surface area contributed by atoms with Crippen LogP contribution in [0, 0.1) is 11.8 Å². The van der Waals surface area contributed by atoms with E-state index in [-0.39, 0.29) is 5.60 Å². The highest BCUT2D eigenvalue weighted by Crippen LogP contribution is 2.27. The van der Waals surface area contributed by atoms with Gasteiger partial charge in [-0.05, 0) is 39.7 Å². The first-order valence-corrected chi connectivity index (χ1v) is 6.97. The Morgan fingerprint density at radius 1 is 1.18 bits per heavy atom. The normalized spacial score (nSPS) is 13.0. The van der Waals surface area contributed by atoms with E-state index in [4.69, 9.17) is 4.74 Å². The molecule has 0 radical (unpaired) electrons. The van der Waals surface area contributed by atoms with Crippen LogP contribution in [0.5, 0.6) is 0 Å². The molecule has 0 spiro atoms. The number of ether oxygens (including phenoxy) is 1. The smallest absolute Gasteiger partial charge is 0.0829 e. The lowest BCUT2D eigenvalue weighted by molar-refractivity contribution is -0.0731. The molecule has 0 aliphatic carbocycles. The van der Waals surface area contributed by atoms with E-state index in [1.807, 2.05) is 6.92 Å². The second-order valence-electron chi connectivity index (χ2n) is 4.28. The van der Waals surface area contributed by atoms with Crippen molar-refractivity contribution in [1.29, 1.82) is 0 Å². The van der Waals surface area contributed by atoms with Gasteiger partial charge in [0.1, 0.15) is 0 Å². The summed E-state index contributed by atoms with van der Waals surface area (Å²) in [6.45, 7) is 12.3. The largest absolute Gasteiger partial charge is 0.374 e. The first-order valence-electron chi connectivity index (χ1n) is 6.97. The Morgan fingerprint density at radius 3 is 2.24 bits per heavy atom. The Kier molecular flexibility index (Phi) is 9.21. The van der Waals surface area contributed by atoms with Gasteiger partial charge in [-0.15, -0.1) is 11.8 Å². The van der Waals surface area contributed by atoms with Crippen molar-refractivity contribution in [3.05, 3.63) is 0 Å². The third-order valence-corrected chi connectivity index (χ3v) is 3.45. The Morgan fingerprint density at radius 2 is 1.82 bits per heavy atom. The zero-order valence-electron chi connectivity index (χ0n) is 12.2. The standard InChI is InChI=1S/C15H29NO/c1-6-11-12-13-14(16-9-4)15(7-2,8-3)17-10-5/h14,16H,7-10,12-13H2,1-5H3. The topological polar surface area (TPSA) is 21.3 Å². The molecule has 0 aliphatic rings. The molecule has 1 atom stereocenters. The fourth-order valence-corrected chi connectivity index (χ4v) is 2.47. The molecule has 17 heavy (non-hydrogen) atoms. The molecule has 0 bridgehead atoms. The van der Waals surface area contributed by atoms with E-state index < -0.39 is 0 Å². The van der Waals surface area contributed by atoms with Gasteiger partial charge in [-0.2, -0.15) is 0 Å². The molecule has 2 nitrogen and oxygen atoms in total. The molecule has 0 saturated heterocycles. The lowest BCUT2D eigenvalue weighted by Crippen LogP contribution is -2.52. The third kappa shape index (κ3) is 5.10. The molecular weight excluding hydrogens is 210 g/mol. The summed E-state index contributed by atoms with van der Waals surface area (Å²) in [5, 5.41) is 3.58. The molecule has 0 aromatic rings. The first kappa shape index (κ1) is 16.5. The molecule has 0 aromatic carbocycles. The van der Waals surface area contributed by atoms with Crippen LogP contribution in [0.1, 0.15) is 60.3 Å². The van der Waals surface area contributed by atoms with E-state index in [0.29, 0.717) is 6.04 Å². The molecule has 0 fully saturated rings.